The third-order valence-electron chi connectivity index (χ3n) is 5.34. The highest BCUT2D eigenvalue weighted by Gasteiger charge is 2.71. The van der Waals surface area contributed by atoms with Crippen LogP contribution in [0, 0.1) is 17.3 Å². The van der Waals surface area contributed by atoms with Crippen molar-refractivity contribution in [1.29, 1.82) is 0 Å². The van der Waals surface area contributed by atoms with Crippen molar-refractivity contribution in [2.45, 2.75) is 64.7 Å². The first-order chi connectivity index (χ1) is 8.65. The molecule has 4 atom stereocenters. The number of carbonyl (C=O) groups excluding carboxylic acids is 1. The van der Waals surface area contributed by atoms with Crippen LogP contribution in [0.4, 0.5) is 4.79 Å². The minimum atomic E-state index is -0.446. The summed E-state index contributed by atoms with van der Waals surface area (Å²) in [7, 11) is 0. The van der Waals surface area contributed by atoms with E-state index in [2.05, 4.69) is 19.2 Å². The summed E-state index contributed by atoms with van der Waals surface area (Å²) < 4.78 is 11.2. The van der Waals surface area contributed by atoms with Crippen molar-refractivity contribution in [2.75, 3.05) is 6.61 Å². The van der Waals surface area contributed by atoms with E-state index in [9.17, 15) is 4.79 Å². The second kappa shape index (κ2) is 3.66. The summed E-state index contributed by atoms with van der Waals surface area (Å²) in [5.74, 6) is 1.28. The van der Waals surface area contributed by atoms with Gasteiger partial charge in [-0.05, 0) is 50.9 Å². The summed E-state index contributed by atoms with van der Waals surface area (Å²) in [6.07, 6.45) is 1.95. The van der Waals surface area contributed by atoms with Crippen LogP contribution in [-0.4, -0.2) is 29.9 Å². The number of ether oxygens (including phenoxy) is 2. The zero-order valence-corrected chi connectivity index (χ0v) is 12.6. The maximum absolute atomic E-state index is 11.9. The Balaban J connectivity index is 1.66. The van der Waals surface area contributed by atoms with Gasteiger partial charge in [0, 0.05) is 0 Å². The quantitative estimate of drug-likeness (QED) is 0.743. The molecule has 3 saturated carbocycles. The number of hydrogen-bond donors (Lipinski definition) is 1. The summed E-state index contributed by atoms with van der Waals surface area (Å²) in [5.41, 5.74) is -0.184. The molecule has 1 saturated heterocycles. The maximum atomic E-state index is 11.9. The lowest BCUT2D eigenvalue weighted by molar-refractivity contribution is -0.131. The molecule has 108 valence electrons. The number of fused-ring (bicyclic) bond motifs is 1. The first-order valence-corrected chi connectivity index (χ1v) is 7.29. The Bertz CT molecular complexity index is 406. The fourth-order valence-electron chi connectivity index (χ4n) is 4.09. The molecule has 2 bridgehead atoms. The Morgan fingerprint density at radius 1 is 1.32 bits per heavy atom. The molecule has 0 aromatic heterocycles. The van der Waals surface area contributed by atoms with Gasteiger partial charge >= 0.3 is 6.09 Å². The highest BCUT2D eigenvalue weighted by molar-refractivity contribution is 5.68. The van der Waals surface area contributed by atoms with Crippen LogP contribution in [0.3, 0.4) is 0 Å². The van der Waals surface area contributed by atoms with E-state index in [-0.39, 0.29) is 17.7 Å². The molecule has 4 rings (SSSR count). The zero-order valence-electron chi connectivity index (χ0n) is 12.6. The Hall–Kier alpha value is -0.770. The second-order valence-corrected chi connectivity index (χ2v) is 7.98. The van der Waals surface area contributed by atoms with Crippen LogP contribution >= 0.6 is 0 Å². The average molecular weight is 267 g/mol. The topological polar surface area (TPSA) is 50.9 Å². The molecule has 19 heavy (non-hydrogen) atoms. The fraction of sp³-hybridized carbons (Fsp3) is 0.933. The van der Waals surface area contributed by atoms with E-state index in [4.69, 9.17) is 9.47 Å². The molecular formula is C15H25NO3. The predicted molar refractivity (Wildman–Crippen MR) is 71.8 cm³/mol. The summed E-state index contributed by atoms with van der Waals surface area (Å²) in [5, 5.41) is 3.04. The molecule has 4 nitrogen and oxygen atoms in total. The minimum Gasteiger partial charge on any atom is -0.444 e. The van der Waals surface area contributed by atoms with Crippen molar-refractivity contribution in [2.24, 2.45) is 17.3 Å². The summed E-state index contributed by atoms with van der Waals surface area (Å²) in [6.45, 7) is 11.1. The van der Waals surface area contributed by atoms with Gasteiger partial charge in [0.2, 0.25) is 0 Å². The van der Waals surface area contributed by atoms with E-state index in [1.54, 1.807) is 0 Å². The third kappa shape index (κ3) is 1.95. The molecule has 4 heteroatoms. The molecule has 1 spiro atoms. The van der Waals surface area contributed by atoms with Gasteiger partial charge < -0.3 is 14.8 Å². The lowest BCUT2D eigenvalue weighted by Gasteiger charge is -2.61. The lowest BCUT2D eigenvalue weighted by atomic mass is 9.44. The van der Waals surface area contributed by atoms with Gasteiger partial charge in [-0.3, -0.25) is 0 Å². The molecule has 4 aliphatic rings. The number of nitrogens with one attached hydrogen (secondary N) is 1. The summed E-state index contributed by atoms with van der Waals surface area (Å²) in [6, 6.07) is 0.124. The van der Waals surface area contributed by atoms with Gasteiger partial charge in [0.1, 0.15) is 11.2 Å². The molecule has 4 unspecified atom stereocenters. The van der Waals surface area contributed by atoms with Crippen LogP contribution in [0.25, 0.3) is 0 Å². The maximum Gasteiger partial charge on any atom is 0.407 e. The van der Waals surface area contributed by atoms with Crippen molar-refractivity contribution in [1.82, 2.24) is 5.32 Å². The largest absolute Gasteiger partial charge is 0.444 e. The van der Waals surface area contributed by atoms with Crippen molar-refractivity contribution in [3.8, 4) is 0 Å². The standard InChI is InChI=1S/C15H25NO3/c1-13(2,3)19-12(17)16-11-7-9-6-10(14(9,4)5)15(11)8-18-15/h9-11H,6-8H2,1-5H3,(H,16,17). The average Bonchev–Trinajstić information content (AvgIpc) is 2.98. The van der Waals surface area contributed by atoms with Crippen molar-refractivity contribution >= 4 is 6.09 Å². The van der Waals surface area contributed by atoms with Gasteiger partial charge in [-0.1, -0.05) is 13.8 Å². The Morgan fingerprint density at radius 2 is 1.95 bits per heavy atom. The Kier molecular flexibility index (Phi) is 2.55. The lowest BCUT2D eigenvalue weighted by Crippen LogP contribution is -2.66. The van der Waals surface area contributed by atoms with Crippen LogP contribution in [0.5, 0.6) is 0 Å². The van der Waals surface area contributed by atoms with Gasteiger partial charge in [-0.25, -0.2) is 4.79 Å². The van der Waals surface area contributed by atoms with Crippen LogP contribution in [0.15, 0.2) is 0 Å². The van der Waals surface area contributed by atoms with Crippen LogP contribution in [0.2, 0.25) is 0 Å². The number of alkyl carbamates (subject to hydrolysis) is 1. The number of carbonyl (C=O) groups is 1. The molecule has 1 heterocycles. The predicted octanol–water partition coefficient (Wildman–Crippen LogP) is 2.71. The number of rotatable bonds is 1. The van der Waals surface area contributed by atoms with E-state index in [0.717, 1.165) is 13.0 Å². The first kappa shape index (κ1) is 13.2. The molecule has 4 fully saturated rings. The van der Waals surface area contributed by atoms with Crippen LogP contribution in [0.1, 0.15) is 47.5 Å². The van der Waals surface area contributed by atoms with E-state index in [1.807, 2.05) is 20.8 Å². The highest BCUT2D eigenvalue weighted by atomic mass is 16.6. The van der Waals surface area contributed by atoms with E-state index < -0.39 is 5.60 Å². The third-order valence-corrected chi connectivity index (χ3v) is 5.34. The van der Waals surface area contributed by atoms with Gasteiger partial charge in [-0.2, -0.15) is 0 Å². The molecule has 1 N–H and O–H groups in total. The summed E-state index contributed by atoms with van der Waals surface area (Å²) in [4.78, 5) is 11.9. The number of hydrogen-bond acceptors (Lipinski definition) is 3. The minimum absolute atomic E-state index is 0.102. The second-order valence-electron chi connectivity index (χ2n) is 7.98. The monoisotopic (exact) mass is 267 g/mol. The normalized spacial score (nSPS) is 42.5. The number of epoxide rings is 1. The molecular weight excluding hydrogens is 242 g/mol. The fourth-order valence-corrected chi connectivity index (χ4v) is 4.09. The number of amides is 1. The highest BCUT2D eigenvalue weighted by Crippen LogP contribution is 2.67. The smallest absolute Gasteiger partial charge is 0.407 e. The van der Waals surface area contributed by atoms with Gasteiger partial charge in [0.15, 0.2) is 0 Å². The SMILES string of the molecule is CC(C)(C)OC(=O)NC1CC2CC(C2(C)C)C12CO2. The first-order valence-electron chi connectivity index (χ1n) is 7.29. The molecule has 0 radical (unpaired) electrons. The zero-order chi connectivity index (χ0) is 14.1. The summed E-state index contributed by atoms with van der Waals surface area (Å²) >= 11 is 0. The van der Waals surface area contributed by atoms with E-state index in [0.29, 0.717) is 17.3 Å². The Morgan fingerprint density at radius 3 is 2.42 bits per heavy atom. The van der Waals surface area contributed by atoms with Gasteiger partial charge in [0.05, 0.1) is 12.6 Å². The van der Waals surface area contributed by atoms with Gasteiger partial charge in [0.25, 0.3) is 0 Å². The molecule has 0 aromatic rings. The van der Waals surface area contributed by atoms with Crippen molar-refractivity contribution < 1.29 is 14.3 Å². The van der Waals surface area contributed by atoms with Crippen LogP contribution in [-0.2, 0) is 9.47 Å². The van der Waals surface area contributed by atoms with Crippen molar-refractivity contribution in [3.05, 3.63) is 0 Å². The van der Waals surface area contributed by atoms with E-state index in [1.165, 1.54) is 6.42 Å². The molecule has 1 amide bonds. The van der Waals surface area contributed by atoms with Crippen molar-refractivity contribution in [3.63, 3.8) is 0 Å². The van der Waals surface area contributed by atoms with Crippen LogP contribution < -0.4 is 5.32 Å². The molecule has 1 aliphatic heterocycles. The molecule has 3 aliphatic carbocycles. The molecule has 0 aromatic carbocycles. The van der Waals surface area contributed by atoms with E-state index >= 15 is 0 Å². The Labute approximate surface area is 115 Å². The van der Waals surface area contributed by atoms with Gasteiger partial charge in [-0.15, -0.1) is 0 Å².